The molecular weight excluding hydrogens is 182 g/mol. The van der Waals surface area contributed by atoms with Crippen molar-refractivity contribution in [2.45, 2.75) is 6.42 Å². The average molecular weight is 197 g/mol. The van der Waals surface area contributed by atoms with Gasteiger partial charge in [-0.3, -0.25) is 0 Å². The number of hydrogen-bond donors (Lipinski definition) is 1. The third kappa shape index (κ3) is 2.61. The molecule has 0 aliphatic rings. The molecule has 0 radical (unpaired) electrons. The second kappa shape index (κ2) is 5.47. The summed E-state index contributed by atoms with van der Waals surface area (Å²) in [6, 6.07) is 5.63. The van der Waals surface area contributed by atoms with E-state index in [1.54, 1.807) is 14.2 Å². The Kier molecular flexibility index (Phi) is 4.22. The molecule has 0 saturated heterocycles. The minimum absolute atomic E-state index is 0.462. The molecule has 0 atom stereocenters. The van der Waals surface area contributed by atoms with E-state index in [1.807, 2.05) is 18.2 Å². The minimum atomic E-state index is 0.462. The van der Waals surface area contributed by atoms with Gasteiger partial charge in [-0.2, -0.15) is 0 Å². The van der Waals surface area contributed by atoms with Gasteiger partial charge >= 0.3 is 0 Å². The molecule has 0 amide bonds. The van der Waals surface area contributed by atoms with Crippen molar-refractivity contribution in [1.29, 1.82) is 0 Å². The van der Waals surface area contributed by atoms with Crippen LogP contribution in [0.25, 0.3) is 0 Å². The molecule has 4 nitrogen and oxygen atoms in total. The highest BCUT2D eigenvalue weighted by molar-refractivity contribution is 5.40. The lowest BCUT2D eigenvalue weighted by Gasteiger charge is -2.09. The van der Waals surface area contributed by atoms with Gasteiger partial charge in [0.25, 0.3) is 0 Å². The summed E-state index contributed by atoms with van der Waals surface area (Å²) in [4.78, 5) is 4.52. The van der Waals surface area contributed by atoms with Gasteiger partial charge < -0.3 is 14.3 Å². The molecule has 0 saturated carbocycles. The van der Waals surface area contributed by atoms with Crippen LogP contribution in [0, 0.1) is 0 Å². The number of benzene rings is 1. The Bertz CT molecular complexity index is 289. The number of hydrogen-bond acceptors (Lipinski definition) is 4. The number of ether oxygens (including phenoxy) is 2. The zero-order valence-electron chi connectivity index (χ0n) is 8.45. The van der Waals surface area contributed by atoms with Crippen molar-refractivity contribution in [1.82, 2.24) is 0 Å². The van der Waals surface area contributed by atoms with Crippen LogP contribution in [-0.2, 0) is 11.3 Å². The fourth-order valence-electron chi connectivity index (χ4n) is 1.25. The SMILES string of the molecule is COc1ccc(OC)c(CCON)c1. The zero-order valence-corrected chi connectivity index (χ0v) is 8.45. The van der Waals surface area contributed by atoms with E-state index in [4.69, 9.17) is 15.4 Å². The molecule has 0 unspecified atom stereocenters. The molecule has 0 heterocycles. The third-order valence-corrected chi connectivity index (χ3v) is 1.98. The predicted octanol–water partition coefficient (Wildman–Crippen LogP) is 1.14. The van der Waals surface area contributed by atoms with Gasteiger partial charge in [-0.25, -0.2) is 5.90 Å². The topological polar surface area (TPSA) is 53.7 Å². The van der Waals surface area contributed by atoms with Gasteiger partial charge in [0.05, 0.1) is 20.8 Å². The Labute approximate surface area is 83.5 Å². The number of nitrogens with two attached hydrogens (primary N) is 1. The molecule has 1 rings (SSSR count). The molecule has 4 heteroatoms. The van der Waals surface area contributed by atoms with Gasteiger partial charge in [-0.05, 0) is 18.2 Å². The quantitative estimate of drug-likeness (QED) is 0.719. The maximum absolute atomic E-state index is 5.19. The number of rotatable bonds is 5. The molecule has 0 aliphatic heterocycles. The molecule has 0 fully saturated rings. The highest BCUT2D eigenvalue weighted by Crippen LogP contribution is 2.24. The van der Waals surface area contributed by atoms with E-state index in [0.717, 1.165) is 17.1 Å². The van der Waals surface area contributed by atoms with Crippen molar-refractivity contribution in [2.75, 3.05) is 20.8 Å². The minimum Gasteiger partial charge on any atom is -0.497 e. The Morgan fingerprint density at radius 2 is 2.00 bits per heavy atom. The summed E-state index contributed by atoms with van der Waals surface area (Å²) in [7, 11) is 3.26. The first kappa shape index (κ1) is 10.8. The number of methoxy groups -OCH3 is 2. The first-order valence-electron chi connectivity index (χ1n) is 4.34. The molecule has 2 N–H and O–H groups in total. The van der Waals surface area contributed by atoms with Crippen LogP contribution < -0.4 is 15.4 Å². The highest BCUT2D eigenvalue weighted by Gasteiger charge is 2.04. The molecule has 1 aromatic rings. The van der Waals surface area contributed by atoms with Gasteiger partial charge in [0.1, 0.15) is 11.5 Å². The Balaban J connectivity index is 2.84. The van der Waals surface area contributed by atoms with Crippen LogP contribution in [0.15, 0.2) is 18.2 Å². The molecular formula is C10H15NO3. The lowest BCUT2D eigenvalue weighted by molar-refractivity contribution is 0.140. The Morgan fingerprint density at radius 3 is 2.57 bits per heavy atom. The summed E-state index contributed by atoms with van der Waals surface area (Å²) in [5.74, 6) is 6.59. The van der Waals surface area contributed by atoms with Crippen LogP contribution in [0.5, 0.6) is 11.5 Å². The monoisotopic (exact) mass is 197 g/mol. The largest absolute Gasteiger partial charge is 0.497 e. The van der Waals surface area contributed by atoms with E-state index < -0.39 is 0 Å². The molecule has 0 aliphatic carbocycles. The summed E-state index contributed by atoms with van der Waals surface area (Å²) in [6.45, 7) is 0.462. The van der Waals surface area contributed by atoms with Gasteiger partial charge in [-0.15, -0.1) is 0 Å². The van der Waals surface area contributed by atoms with Gasteiger partial charge in [-0.1, -0.05) is 0 Å². The lowest BCUT2D eigenvalue weighted by Crippen LogP contribution is -2.05. The maximum atomic E-state index is 5.19. The van der Waals surface area contributed by atoms with Crippen LogP contribution in [0.3, 0.4) is 0 Å². The van der Waals surface area contributed by atoms with E-state index in [9.17, 15) is 0 Å². The Hall–Kier alpha value is -1.26. The highest BCUT2D eigenvalue weighted by atomic mass is 16.6. The van der Waals surface area contributed by atoms with Crippen molar-refractivity contribution in [2.24, 2.45) is 5.90 Å². The van der Waals surface area contributed by atoms with Crippen molar-refractivity contribution < 1.29 is 14.3 Å². The van der Waals surface area contributed by atoms with Crippen LogP contribution in [0.1, 0.15) is 5.56 Å². The van der Waals surface area contributed by atoms with Crippen molar-refractivity contribution in [3.8, 4) is 11.5 Å². The molecule has 0 spiro atoms. The molecule has 1 aromatic carbocycles. The van der Waals surface area contributed by atoms with Crippen LogP contribution in [-0.4, -0.2) is 20.8 Å². The summed E-state index contributed by atoms with van der Waals surface area (Å²) < 4.78 is 10.3. The van der Waals surface area contributed by atoms with E-state index in [-0.39, 0.29) is 0 Å². The molecule has 78 valence electrons. The van der Waals surface area contributed by atoms with E-state index in [1.165, 1.54) is 0 Å². The van der Waals surface area contributed by atoms with Gasteiger partial charge in [0, 0.05) is 12.0 Å². The van der Waals surface area contributed by atoms with E-state index in [2.05, 4.69) is 4.84 Å². The second-order valence-corrected chi connectivity index (χ2v) is 2.80. The predicted molar refractivity (Wildman–Crippen MR) is 53.4 cm³/mol. The standard InChI is InChI=1S/C10H15NO3/c1-12-9-3-4-10(13-2)8(7-9)5-6-14-11/h3-4,7H,5-6,11H2,1-2H3. The molecule has 14 heavy (non-hydrogen) atoms. The summed E-state index contributed by atoms with van der Waals surface area (Å²) in [6.07, 6.45) is 0.705. The fraction of sp³-hybridized carbons (Fsp3) is 0.400. The van der Waals surface area contributed by atoms with Crippen LogP contribution >= 0.6 is 0 Å². The van der Waals surface area contributed by atoms with E-state index in [0.29, 0.717) is 13.0 Å². The first-order chi connectivity index (χ1) is 6.81. The first-order valence-corrected chi connectivity index (χ1v) is 4.34. The smallest absolute Gasteiger partial charge is 0.122 e. The Morgan fingerprint density at radius 1 is 1.21 bits per heavy atom. The normalized spacial score (nSPS) is 9.93. The third-order valence-electron chi connectivity index (χ3n) is 1.98. The summed E-state index contributed by atoms with van der Waals surface area (Å²) >= 11 is 0. The van der Waals surface area contributed by atoms with Crippen molar-refractivity contribution in [3.63, 3.8) is 0 Å². The maximum Gasteiger partial charge on any atom is 0.122 e. The molecule has 0 bridgehead atoms. The summed E-state index contributed by atoms with van der Waals surface area (Å²) in [5, 5.41) is 0. The van der Waals surface area contributed by atoms with E-state index >= 15 is 0 Å². The second-order valence-electron chi connectivity index (χ2n) is 2.80. The zero-order chi connectivity index (χ0) is 10.4. The fourth-order valence-corrected chi connectivity index (χ4v) is 1.25. The van der Waals surface area contributed by atoms with Gasteiger partial charge in [0.15, 0.2) is 0 Å². The van der Waals surface area contributed by atoms with Crippen LogP contribution in [0.4, 0.5) is 0 Å². The molecule has 0 aromatic heterocycles. The van der Waals surface area contributed by atoms with Crippen LogP contribution in [0.2, 0.25) is 0 Å². The lowest BCUT2D eigenvalue weighted by atomic mass is 10.1. The van der Waals surface area contributed by atoms with Crippen molar-refractivity contribution >= 4 is 0 Å². The average Bonchev–Trinajstić information content (AvgIpc) is 2.25. The summed E-state index contributed by atoms with van der Waals surface area (Å²) in [5.41, 5.74) is 1.03. The van der Waals surface area contributed by atoms with Gasteiger partial charge in [0.2, 0.25) is 0 Å². The van der Waals surface area contributed by atoms with Crippen molar-refractivity contribution in [3.05, 3.63) is 23.8 Å².